The molecule has 0 spiro atoms. The molecule has 0 aromatic heterocycles. The van der Waals surface area contributed by atoms with Crippen LogP contribution >= 0.6 is 0 Å². The fourth-order valence-corrected chi connectivity index (χ4v) is 5.22. The van der Waals surface area contributed by atoms with Gasteiger partial charge in [-0.2, -0.15) is 5.26 Å². The van der Waals surface area contributed by atoms with Crippen molar-refractivity contribution >= 4 is 5.91 Å². The van der Waals surface area contributed by atoms with Gasteiger partial charge in [-0.3, -0.25) is 4.79 Å². The molecule has 4 bridgehead atoms. The number of carbonyl (C=O) groups is 1. The van der Waals surface area contributed by atoms with Crippen molar-refractivity contribution < 1.29 is 4.79 Å². The highest BCUT2D eigenvalue weighted by molar-refractivity contribution is 5.76. The smallest absolute Gasteiger partial charge is 0.220 e. The van der Waals surface area contributed by atoms with Gasteiger partial charge in [0.05, 0.1) is 12.0 Å². The quantitative estimate of drug-likeness (QED) is 0.845. The Morgan fingerprint density at radius 2 is 1.79 bits per heavy atom. The SMILES string of the molecule is CC(C#N)CNC(=O)CC12CC3CC(CC(C3)C1)C2. The van der Waals surface area contributed by atoms with E-state index in [9.17, 15) is 4.79 Å². The normalized spacial score (nSPS) is 40.7. The van der Waals surface area contributed by atoms with Gasteiger partial charge in [0.1, 0.15) is 0 Å². The monoisotopic (exact) mass is 260 g/mol. The molecule has 1 atom stereocenters. The zero-order valence-electron chi connectivity index (χ0n) is 11.8. The fourth-order valence-electron chi connectivity index (χ4n) is 5.22. The van der Waals surface area contributed by atoms with E-state index < -0.39 is 0 Å². The molecule has 19 heavy (non-hydrogen) atoms. The van der Waals surface area contributed by atoms with Crippen LogP contribution in [0.25, 0.3) is 0 Å². The van der Waals surface area contributed by atoms with E-state index >= 15 is 0 Å². The van der Waals surface area contributed by atoms with Crippen molar-refractivity contribution in [1.82, 2.24) is 5.32 Å². The molecular weight excluding hydrogens is 236 g/mol. The summed E-state index contributed by atoms with van der Waals surface area (Å²) in [5.41, 5.74) is 0.314. The van der Waals surface area contributed by atoms with Gasteiger partial charge in [0.2, 0.25) is 5.91 Å². The van der Waals surface area contributed by atoms with Crippen LogP contribution in [0.5, 0.6) is 0 Å². The first-order valence-corrected chi connectivity index (χ1v) is 7.75. The Morgan fingerprint density at radius 1 is 1.26 bits per heavy atom. The molecule has 4 rings (SSSR count). The summed E-state index contributed by atoms with van der Waals surface area (Å²) in [6.07, 6.45) is 8.81. The predicted molar refractivity (Wildman–Crippen MR) is 73.0 cm³/mol. The van der Waals surface area contributed by atoms with Crippen LogP contribution < -0.4 is 5.32 Å². The maximum Gasteiger partial charge on any atom is 0.220 e. The van der Waals surface area contributed by atoms with Crippen LogP contribution in [0.1, 0.15) is 51.9 Å². The second-order valence-electron chi connectivity index (χ2n) is 7.43. The van der Waals surface area contributed by atoms with Crippen LogP contribution in [-0.4, -0.2) is 12.5 Å². The molecule has 0 saturated heterocycles. The van der Waals surface area contributed by atoms with Gasteiger partial charge < -0.3 is 5.32 Å². The summed E-state index contributed by atoms with van der Waals surface area (Å²) >= 11 is 0. The molecule has 4 aliphatic carbocycles. The number of carbonyl (C=O) groups excluding carboxylic acids is 1. The van der Waals surface area contributed by atoms with Crippen molar-refractivity contribution in [2.24, 2.45) is 29.1 Å². The summed E-state index contributed by atoms with van der Waals surface area (Å²) in [6, 6.07) is 2.17. The summed E-state index contributed by atoms with van der Waals surface area (Å²) in [7, 11) is 0. The number of amides is 1. The van der Waals surface area contributed by atoms with Crippen molar-refractivity contribution in [3.63, 3.8) is 0 Å². The molecule has 1 amide bonds. The van der Waals surface area contributed by atoms with Gasteiger partial charge >= 0.3 is 0 Å². The van der Waals surface area contributed by atoms with Crippen molar-refractivity contribution in [1.29, 1.82) is 5.26 Å². The van der Waals surface area contributed by atoms with Crippen LogP contribution in [0.3, 0.4) is 0 Å². The summed E-state index contributed by atoms with van der Waals surface area (Å²) < 4.78 is 0. The lowest BCUT2D eigenvalue weighted by molar-refractivity contribution is -0.129. The minimum Gasteiger partial charge on any atom is -0.355 e. The van der Waals surface area contributed by atoms with E-state index in [-0.39, 0.29) is 11.8 Å². The Hall–Kier alpha value is -1.04. The first-order chi connectivity index (χ1) is 9.08. The van der Waals surface area contributed by atoms with Crippen LogP contribution in [0.4, 0.5) is 0 Å². The molecule has 4 fully saturated rings. The molecule has 0 radical (unpaired) electrons. The second-order valence-corrected chi connectivity index (χ2v) is 7.43. The van der Waals surface area contributed by atoms with E-state index in [1.54, 1.807) is 0 Å². The van der Waals surface area contributed by atoms with Gasteiger partial charge in [-0.05, 0) is 68.6 Å². The molecular formula is C16H24N2O. The Bertz CT molecular complexity index is 374. The summed E-state index contributed by atoms with van der Waals surface area (Å²) in [5.74, 6) is 2.79. The van der Waals surface area contributed by atoms with Gasteiger partial charge in [-0.1, -0.05) is 0 Å². The third kappa shape index (κ3) is 2.63. The number of hydrogen-bond donors (Lipinski definition) is 1. The van der Waals surface area contributed by atoms with Crippen LogP contribution in [0.15, 0.2) is 0 Å². The highest BCUT2D eigenvalue weighted by atomic mass is 16.1. The third-order valence-corrected chi connectivity index (χ3v) is 5.53. The second kappa shape index (κ2) is 4.81. The maximum atomic E-state index is 12.1. The van der Waals surface area contributed by atoms with E-state index in [1.807, 2.05) is 6.92 Å². The number of nitrogens with one attached hydrogen (secondary N) is 1. The molecule has 3 heteroatoms. The first kappa shape index (κ1) is 13.0. The molecule has 0 aliphatic heterocycles. The number of nitrogens with zero attached hydrogens (tertiary/aromatic N) is 1. The largest absolute Gasteiger partial charge is 0.355 e. The topological polar surface area (TPSA) is 52.9 Å². The first-order valence-electron chi connectivity index (χ1n) is 7.75. The van der Waals surface area contributed by atoms with E-state index in [0.717, 1.165) is 17.8 Å². The standard InChI is InChI=1S/C16H24N2O/c1-11(9-17)10-18-15(19)8-16-5-12-2-13(6-16)4-14(3-12)7-16/h11-14H,2-8,10H2,1H3,(H,18,19). The summed E-state index contributed by atoms with van der Waals surface area (Å²) in [6.45, 7) is 2.35. The van der Waals surface area contributed by atoms with Crippen LogP contribution in [-0.2, 0) is 4.79 Å². The number of hydrogen-bond acceptors (Lipinski definition) is 2. The molecule has 4 saturated carbocycles. The van der Waals surface area contributed by atoms with E-state index in [1.165, 1.54) is 38.5 Å². The van der Waals surface area contributed by atoms with E-state index in [2.05, 4.69) is 11.4 Å². The highest BCUT2D eigenvalue weighted by Crippen LogP contribution is 2.61. The molecule has 1 unspecified atom stereocenters. The Balaban J connectivity index is 1.57. The van der Waals surface area contributed by atoms with Gasteiger partial charge in [0, 0.05) is 13.0 Å². The zero-order chi connectivity index (χ0) is 13.5. The lowest BCUT2D eigenvalue weighted by Crippen LogP contribution is -2.48. The van der Waals surface area contributed by atoms with Crippen molar-refractivity contribution in [2.75, 3.05) is 6.54 Å². The molecule has 0 heterocycles. The Kier molecular flexibility index (Phi) is 3.28. The summed E-state index contributed by atoms with van der Waals surface area (Å²) in [4.78, 5) is 12.1. The minimum absolute atomic E-state index is 0.0830. The van der Waals surface area contributed by atoms with Gasteiger partial charge in [0.15, 0.2) is 0 Å². The van der Waals surface area contributed by atoms with Gasteiger partial charge in [0.25, 0.3) is 0 Å². The lowest BCUT2D eigenvalue weighted by atomic mass is 9.49. The van der Waals surface area contributed by atoms with Crippen LogP contribution in [0.2, 0.25) is 0 Å². The van der Waals surface area contributed by atoms with Crippen molar-refractivity contribution in [2.45, 2.75) is 51.9 Å². The zero-order valence-corrected chi connectivity index (χ0v) is 11.8. The Morgan fingerprint density at radius 3 is 2.26 bits per heavy atom. The van der Waals surface area contributed by atoms with E-state index in [0.29, 0.717) is 18.4 Å². The molecule has 0 aromatic rings. The Labute approximate surface area is 115 Å². The van der Waals surface area contributed by atoms with Gasteiger partial charge in [-0.15, -0.1) is 0 Å². The maximum absolute atomic E-state index is 12.1. The van der Waals surface area contributed by atoms with Crippen LogP contribution in [0, 0.1) is 40.4 Å². The number of rotatable bonds is 4. The lowest BCUT2D eigenvalue weighted by Gasteiger charge is -2.56. The predicted octanol–water partition coefficient (Wildman–Crippen LogP) is 2.87. The molecule has 1 N–H and O–H groups in total. The van der Waals surface area contributed by atoms with Gasteiger partial charge in [-0.25, -0.2) is 0 Å². The molecule has 3 nitrogen and oxygen atoms in total. The molecule has 104 valence electrons. The molecule has 4 aliphatic rings. The number of nitriles is 1. The average Bonchev–Trinajstić information content (AvgIpc) is 2.33. The fraction of sp³-hybridized carbons (Fsp3) is 0.875. The average molecular weight is 260 g/mol. The minimum atomic E-state index is -0.0830. The van der Waals surface area contributed by atoms with E-state index in [4.69, 9.17) is 5.26 Å². The third-order valence-electron chi connectivity index (χ3n) is 5.53. The summed E-state index contributed by atoms with van der Waals surface area (Å²) in [5, 5.41) is 11.7. The van der Waals surface area contributed by atoms with Crippen molar-refractivity contribution in [3.05, 3.63) is 0 Å². The van der Waals surface area contributed by atoms with Crippen molar-refractivity contribution in [3.8, 4) is 6.07 Å². The molecule has 0 aromatic carbocycles. The highest BCUT2D eigenvalue weighted by Gasteiger charge is 2.51.